The van der Waals surface area contributed by atoms with Gasteiger partial charge in [-0.1, -0.05) is 22.9 Å². The number of halogens is 1. The van der Waals surface area contributed by atoms with E-state index in [1.54, 1.807) is 6.92 Å². The second kappa shape index (κ2) is 6.81. The SMILES string of the molecule is CCC(Br)C(=O)O[C@H](C)CC(=O)OC. The van der Waals surface area contributed by atoms with Gasteiger partial charge in [-0.15, -0.1) is 0 Å². The lowest BCUT2D eigenvalue weighted by molar-refractivity contribution is -0.152. The highest BCUT2D eigenvalue weighted by atomic mass is 79.9. The molecule has 0 aromatic rings. The van der Waals surface area contributed by atoms with Gasteiger partial charge in [-0.2, -0.15) is 0 Å². The van der Waals surface area contributed by atoms with Crippen LogP contribution in [0.4, 0.5) is 0 Å². The van der Waals surface area contributed by atoms with Crippen molar-refractivity contribution in [2.24, 2.45) is 0 Å². The largest absolute Gasteiger partial charge is 0.469 e. The van der Waals surface area contributed by atoms with Crippen LogP contribution in [0.5, 0.6) is 0 Å². The maximum Gasteiger partial charge on any atom is 0.319 e. The van der Waals surface area contributed by atoms with Crippen LogP contribution in [0.2, 0.25) is 0 Å². The molecule has 0 saturated heterocycles. The van der Waals surface area contributed by atoms with Gasteiger partial charge in [0.25, 0.3) is 0 Å². The summed E-state index contributed by atoms with van der Waals surface area (Å²) in [5, 5.41) is 0. The van der Waals surface area contributed by atoms with Crippen molar-refractivity contribution in [3.63, 3.8) is 0 Å². The number of rotatable bonds is 5. The molecule has 0 radical (unpaired) electrons. The molecule has 82 valence electrons. The molecule has 14 heavy (non-hydrogen) atoms. The normalized spacial score (nSPS) is 14.3. The lowest BCUT2D eigenvalue weighted by atomic mass is 10.3. The Kier molecular flexibility index (Phi) is 6.53. The molecule has 0 bridgehead atoms. The van der Waals surface area contributed by atoms with Crippen molar-refractivity contribution >= 4 is 27.9 Å². The zero-order valence-corrected chi connectivity index (χ0v) is 10.2. The number of alkyl halides is 1. The number of ether oxygens (including phenoxy) is 2. The van der Waals surface area contributed by atoms with Gasteiger partial charge in [-0.25, -0.2) is 0 Å². The summed E-state index contributed by atoms with van der Waals surface area (Å²) in [6.07, 6.45) is 0.302. The molecule has 0 aromatic carbocycles. The maximum atomic E-state index is 11.2. The van der Waals surface area contributed by atoms with Crippen LogP contribution < -0.4 is 0 Å². The molecule has 0 rings (SSSR count). The predicted octanol–water partition coefficient (Wildman–Crippen LogP) is 1.65. The van der Waals surface area contributed by atoms with E-state index in [2.05, 4.69) is 20.7 Å². The van der Waals surface area contributed by atoms with Crippen molar-refractivity contribution in [3.05, 3.63) is 0 Å². The van der Waals surface area contributed by atoms with Crippen LogP contribution in [0.3, 0.4) is 0 Å². The molecule has 0 aliphatic heterocycles. The molecule has 0 aliphatic carbocycles. The van der Waals surface area contributed by atoms with Gasteiger partial charge in [-0.3, -0.25) is 9.59 Å². The first-order chi connectivity index (χ1) is 6.51. The van der Waals surface area contributed by atoms with E-state index in [-0.39, 0.29) is 23.2 Å². The Morgan fingerprint density at radius 3 is 2.43 bits per heavy atom. The molecule has 0 saturated carbocycles. The van der Waals surface area contributed by atoms with Crippen molar-refractivity contribution < 1.29 is 19.1 Å². The van der Waals surface area contributed by atoms with Gasteiger partial charge in [0.05, 0.1) is 13.5 Å². The fourth-order valence-corrected chi connectivity index (χ4v) is 0.906. The molecule has 0 aliphatic rings. The molecule has 1 unspecified atom stereocenters. The molecule has 0 fully saturated rings. The first-order valence-electron chi connectivity index (χ1n) is 4.42. The van der Waals surface area contributed by atoms with Gasteiger partial charge in [0, 0.05) is 0 Å². The van der Waals surface area contributed by atoms with Gasteiger partial charge in [0.1, 0.15) is 10.9 Å². The quantitative estimate of drug-likeness (QED) is 0.561. The highest BCUT2D eigenvalue weighted by Crippen LogP contribution is 2.09. The van der Waals surface area contributed by atoms with Gasteiger partial charge >= 0.3 is 11.9 Å². The number of carbonyl (C=O) groups is 2. The molecular formula is C9H15BrO4. The van der Waals surface area contributed by atoms with Crippen LogP contribution in [0.15, 0.2) is 0 Å². The van der Waals surface area contributed by atoms with E-state index in [0.717, 1.165) is 0 Å². The average molecular weight is 267 g/mol. The number of hydrogen-bond donors (Lipinski definition) is 0. The minimum atomic E-state index is -0.443. The minimum Gasteiger partial charge on any atom is -0.469 e. The first kappa shape index (κ1) is 13.4. The van der Waals surface area contributed by atoms with Crippen molar-refractivity contribution in [1.29, 1.82) is 0 Å². The highest BCUT2D eigenvalue weighted by molar-refractivity contribution is 9.10. The molecule has 4 nitrogen and oxygen atoms in total. The van der Waals surface area contributed by atoms with E-state index in [9.17, 15) is 9.59 Å². The Morgan fingerprint density at radius 2 is 2.00 bits per heavy atom. The topological polar surface area (TPSA) is 52.6 Å². The van der Waals surface area contributed by atoms with Crippen LogP contribution in [0.1, 0.15) is 26.7 Å². The maximum absolute atomic E-state index is 11.2. The Labute approximate surface area is 92.1 Å². The van der Waals surface area contributed by atoms with Crippen LogP contribution >= 0.6 is 15.9 Å². The molecule has 2 atom stereocenters. The minimum absolute atomic E-state index is 0.0890. The summed E-state index contributed by atoms with van der Waals surface area (Å²) >= 11 is 3.16. The third-order valence-corrected chi connectivity index (χ3v) is 2.63. The van der Waals surface area contributed by atoms with Crippen molar-refractivity contribution in [2.45, 2.75) is 37.6 Å². The Balaban J connectivity index is 3.88. The average Bonchev–Trinajstić information content (AvgIpc) is 2.15. The smallest absolute Gasteiger partial charge is 0.319 e. The first-order valence-corrected chi connectivity index (χ1v) is 5.34. The van der Waals surface area contributed by atoms with Crippen LogP contribution in [0, 0.1) is 0 Å². The fraction of sp³-hybridized carbons (Fsp3) is 0.778. The van der Waals surface area contributed by atoms with E-state index in [0.29, 0.717) is 6.42 Å². The lowest BCUT2D eigenvalue weighted by Crippen LogP contribution is -2.24. The Hall–Kier alpha value is -0.580. The van der Waals surface area contributed by atoms with E-state index in [4.69, 9.17) is 4.74 Å². The standard InChI is InChI=1S/C9H15BrO4/c1-4-7(10)9(12)14-6(2)5-8(11)13-3/h6-7H,4-5H2,1-3H3/t6-,7?/m1/s1. The van der Waals surface area contributed by atoms with E-state index in [1.807, 2.05) is 6.92 Å². The summed E-state index contributed by atoms with van der Waals surface area (Å²) in [6.45, 7) is 3.52. The van der Waals surface area contributed by atoms with E-state index >= 15 is 0 Å². The number of esters is 2. The van der Waals surface area contributed by atoms with Gasteiger partial charge in [0.2, 0.25) is 0 Å². The van der Waals surface area contributed by atoms with Gasteiger partial charge < -0.3 is 9.47 Å². The number of methoxy groups -OCH3 is 1. The summed E-state index contributed by atoms with van der Waals surface area (Å²) in [5.74, 6) is -0.725. The summed E-state index contributed by atoms with van der Waals surface area (Å²) in [7, 11) is 1.30. The molecule has 0 heterocycles. The fourth-order valence-electron chi connectivity index (χ4n) is 0.798. The van der Waals surface area contributed by atoms with E-state index in [1.165, 1.54) is 7.11 Å². The van der Waals surface area contributed by atoms with Crippen LogP contribution in [-0.2, 0) is 19.1 Å². The highest BCUT2D eigenvalue weighted by Gasteiger charge is 2.18. The number of carbonyl (C=O) groups excluding carboxylic acids is 2. The monoisotopic (exact) mass is 266 g/mol. The summed E-state index contributed by atoms with van der Waals surface area (Å²) in [4.78, 5) is 21.7. The van der Waals surface area contributed by atoms with E-state index < -0.39 is 6.10 Å². The van der Waals surface area contributed by atoms with Crippen molar-refractivity contribution in [3.8, 4) is 0 Å². The van der Waals surface area contributed by atoms with Crippen molar-refractivity contribution in [2.75, 3.05) is 7.11 Å². The van der Waals surface area contributed by atoms with Gasteiger partial charge in [0.15, 0.2) is 0 Å². The number of hydrogen-bond acceptors (Lipinski definition) is 4. The summed E-state index contributed by atoms with van der Waals surface area (Å²) in [5.41, 5.74) is 0. The third kappa shape index (κ3) is 5.21. The zero-order chi connectivity index (χ0) is 11.1. The predicted molar refractivity (Wildman–Crippen MR) is 55.2 cm³/mol. The van der Waals surface area contributed by atoms with Crippen molar-refractivity contribution in [1.82, 2.24) is 0 Å². The van der Waals surface area contributed by atoms with Crippen LogP contribution in [-0.4, -0.2) is 30.0 Å². The zero-order valence-electron chi connectivity index (χ0n) is 8.58. The second-order valence-electron chi connectivity index (χ2n) is 2.90. The molecule has 0 amide bonds. The molecule has 5 heteroatoms. The lowest BCUT2D eigenvalue weighted by Gasteiger charge is -2.13. The molecule has 0 spiro atoms. The Bertz CT molecular complexity index is 205. The van der Waals surface area contributed by atoms with Crippen LogP contribution in [0.25, 0.3) is 0 Å². The third-order valence-electron chi connectivity index (χ3n) is 1.61. The summed E-state index contributed by atoms with van der Waals surface area (Å²) < 4.78 is 9.44. The molecular weight excluding hydrogens is 252 g/mol. The molecule has 0 aromatic heterocycles. The summed E-state index contributed by atoms with van der Waals surface area (Å²) in [6, 6.07) is 0. The van der Waals surface area contributed by atoms with Gasteiger partial charge in [-0.05, 0) is 13.3 Å². The second-order valence-corrected chi connectivity index (χ2v) is 4.01. The molecule has 0 N–H and O–H groups in total. The Morgan fingerprint density at radius 1 is 1.43 bits per heavy atom.